The van der Waals surface area contributed by atoms with Crippen LogP contribution in [0.1, 0.15) is 12.5 Å². The monoisotopic (exact) mass is 259 g/mol. The van der Waals surface area contributed by atoms with Gasteiger partial charge in [-0.2, -0.15) is 13.2 Å². The summed E-state index contributed by atoms with van der Waals surface area (Å²) in [5.41, 5.74) is 1.21. The molecule has 1 aromatic carbocycles. The van der Waals surface area contributed by atoms with Crippen molar-refractivity contribution in [1.29, 1.82) is 0 Å². The van der Waals surface area contributed by atoms with Gasteiger partial charge in [-0.25, -0.2) is 0 Å². The number of nitrogens with one attached hydrogen (secondary N) is 1. The van der Waals surface area contributed by atoms with Crippen LogP contribution in [0.5, 0.6) is 0 Å². The minimum Gasteiger partial charge on any atom is -0.380 e. The predicted molar refractivity (Wildman–Crippen MR) is 66.0 cm³/mol. The number of hydrogen-bond donors (Lipinski definition) is 1. The summed E-state index contributed by atoms with van der Waals surface area (Å²) in [5.74, 6) is 0. The largest absolute Gasteiger partial charge is 0.405 e. The molecule has 0 aromatic heterocycles. The second-order valence-electron chi connectivity index (χ2n) is 3.53. The van der Waals surface area contributed by atoms with Gasteiger partial charge in [-0.05, 0) is 18.6 Å². The number of halogens is 3. The molecule has 0 fully saturated rings. The standard InChI is InChI=1S/C12H12F3NS/c1-9(16-8-12(13,14)15)7-11(17)10-5-3-2-4-6-10/h2-7,16H,8H2,1H3/b9-7+. The van der Waals surface area contributed by atoms with E-state index >= 15 is 0 Å². The first-order chi connectivity index (χ1) is 7.88. The molecule has 92 valence electrons. The van der Waals surface area contributed by atoms with Crippen molar-refractivity contribution in [3.63, 3.8) is 0 Å². The molecule has 17 heavy (non-hydrogen) atoms. The molecule has 1 nitrogen and oxygen atoms in total. The molecule has 0 radical (unpaired) electrons. The maximum atomic E-state index is 12.0. The van der Waals surface area contributed by atoms with Crippen molar-refractivity contribution < 1.29 is 13.2 Å². The van der Waals surface area contributed by atoms with E-state index in [2.05, 4.69) is 5.32 Å². The first kappa shape index (κ1) is 13.7. The summed E-state index contributed by atoms with van der Waals surface area (Å²) in [7, 11) is 0. The Bertz CT molecular complexity index is 410. The third-order valence-corrected chi connectivity index (χ3v) is 2.33. The zero-order valence-electron chi connectivity index (χ0n) is 9.21. The second-order valence-corrected chi connectivity index (χ2v) is 3.97. The zero-order chi connectivity index (χ0) is 12.9. The zero-order valence-corrected chi connectivity index (χ0v) is 10.0. The third-order valence-electron chi connectivity index (χ3n) is 1.97. The SMILES string of the molecule is C/C(=C\C(=S)c1ccccc1)NCC(F)(F)F. The molecular formula is C12H12F3NS. The number of benzene rings is 1. The molecule has 0 aliphatic heterocycles. The van der Waals surface area contributed by atoms with Crippen molar-refractivity contribution in [3.05, 3.63) is 47.7 Å². The quantitative estimate of drug-likeness (QED) is 0.505. The van der Waals surface area contributed by atoms with Crippen molar-refractivity contribution in [1.82, 2.24) is 5.32 Å². The molecule has 0 aliphatic rings. The first-order valence-electron chi connectivity index (χ1n) is 4.97. The molecule has 5 heteroatoms. The van der Waals surface area contributed by atoms with Gasteiger partial charge in [0.15, 0.2) is 0 Å². The van der Waals surface area contributed by atoms with E-state index in [1.165, 1.54) is 6.08 Å². The smallest absolute Gasteiger partial charge is 0.380 e. The van der Waals surface area contributed by atoms with Gasteiger partial charge in [0.25, 0.3) is 0 Å². The van der Waals surface area contributed by atoms with Crippen LogP contribution >= 0.6 is 12.2 Å². The number of alkyl halides is 3. The van der Waals surface area contributed by atoms with Crippen LogP contribution in [-0.4, -0.2) is 17.6 Å². The molecule has 1 N–H and O–H groups in total. The fourth-order valence-corrected chi connectivity index (χ4v) is 1.49. The van der Waals surface area contributed by atoms with Crippen LogP contribution in [-0.2, 0) is 0 Å². The molecule has 0 atom stereocenters. The van der Waals surface area contributed by atoms with E-state index in [0.29, 0.717) is 10.6 Å². The highest BCUT2D eigenvalue weighted by Gasteiger charge is 2.26. The van der Waals surface area contributed by atoms with E-state index in [9.17, 15) is 13.2 Å². The van der Waals surface area contributed by atoms with Crippen LogP contribution < -0.4 is 5.32 Å². The molecule has 0 heterocycles. The molecule has 0 unspecified atom stereocenters. The maximum Gasteiger partial charge on any atom is 0.405 e. The molecule has 1 aromatic rings. The Hall–Kier alpha value is -1.36. The van der Waals surface area contributed by atoms with Gasteiger partial charge in [0.2, 0.25) is 0 Å². The Morgan fingerprint density at radius 3 is 2.41 bits per heavy atom. The molecule has 0 saturated heterocycles. The van der Waals surface area contributed by atoms with Crippen LogP contribution in [0.15, 0.2) is 42.1 Å². The minimum absolute atomic E-state index is 0.399. The van der Waals surface area contributed by atoms with Crippen molar-refractivity contribution in [2.24, 2.45) is 0 Å². The molecule has 0 spiro atoms. The van der Waals surface area contributed by atoms with Gasteiger partial charge in [0.1, 0.15) is 6.54 Å². The summed E-state index contributed by atoms with van der Waals surface area (Å²) in [4.78, 5) is 0.512. The van der Waals surface area contributed by atoms with Crippen LogP contribution in [0.3, 0.4) is 0 Å². The first-order valence-corrected chi connectivity index (χ1v) is 5.37. The van der Waals surface area contributed by atoms with Gasteiger partial charge in [-0.1, -0.05) is 42.5 Å². The lowest BCUT2D eigenvalue weighted by atomic mass is 10.1. The summed E-state index contributed by atoms with van der Waals surface area (Å²) in [6.07, 6.45) is -2.69. The number of thiocarbonyl (C=S) groups is 1. The number of allylic oxidation sites excluding steroid dienone is 2. The molecular weight excluding hydrogens is 247 g/mol. The predicted octanol–water partition coefficient (Wildman–Crippen LogP) is 3.46. The van der Waals surface area contributed by atoms with E-state index < -0.39 is 12.7 Å². The highest BCUT2D eigenvalue weighted by atomic mass is 32.1. The van der Waals surface area contributed by atoms with Crippen molar-refractivity contribution in [2.45, 2.75) is 13.1 Å². The van der Waals surface area contributed by atoms with Gasteiger partial charge < -0.3 is 5.32 Å². The van der Waals surface area contributed by atoms with Gasteiger partial charge in [-0.3, -0.25) is 0 Å². The highest BCUT2D eigenvalue weighted by molar-refractivity contribution is 7.81. The van der Waals surface area contributed by atoms with Gasteiger partial charge in [0, 0.05) is 10.6 Å². The lowest BCUT2D eigenvalue weighted by Gasteiger charge is -2.09. The summed E-state index contributed by atoms with van der Waals surface area (Å²) in [6.45, 7) is 0.508. The van der Waals surface area contributed by atoms with Gasteiger partial charge >= 0.3 is 6.18 Å². The molecule has 0 aliphatic carbocycles. The van der Waals surface area contributed by atoms with Crippen LogP contribution in [0, 0.1) is 0 Å². The third kappa shape index (κ3) is 5.49. The fraction of sp³-hybridized carbons (Fsp3) is 0.250. The topological polar surface area (TPSA) is 12.0 Å². The average Bonchev–Trinajstić information content (AvgIpc) is 2.27. The van der Waals surface area contributed by atoms with Crippen molar-refractivity contribution in [3.8, 4) is 0 Å². The Morgan fingerprint density at radius 1 is 1.29 bits per heavy atom. The van der Waals surface area contributed by atoms with E-state index in [4.69, 9.17) is 12.2 Å². The molecule has 0 bridgehead atoms. The lowest BCUT2D eigenvalue weighted by molar-refractivity contribution is -0.123. The molecule has 0 saturated carbocycles. The number of rotatable bonds is 4. The average molecular weight is 259 g/mol. The van der Waals surface area contributed by atoms with Crippen molar-refractivity contribution in [2.75, 3.05) is 6.54 Å². The normalized spacial score (nSPS) is 12.4. The lowest BCUT2D eigenvalue weighted by Crippen LogP contribution is -2.27. The Balaban J connectivity index is 2.60. The fourth-order valence-electron chi connectivity index (χ4n) is 1.17. The maximum absolute atomic E-state index is 12.0. The van der Waals surface area contributed by atoms with E-state index in [-0.39, 0.29) is 0 Å². The molecule has 1 rings (SSSR count). The van der Waals surface area contributed by atoms with E-state index in [1.54, 1.807) is 6.92 Å². The summed E-state index contributed by atoms with van der Waals surface area (Å²) >= 11 is 5.11. The minimum atomic E-state index is -4.22. The second kappa shape index (κ2) is 5.82. The Morgan fingerprint density at radius 2 is 1.88 bits per heavy atom. The van der Waals surface area contributed by atoms with Gasteiger partial charge in [0.05, 0.1) is 0 Å². The van der Waals surface area contributed by atoms with Crippen LogP contribution in [0.2, 0.25) is 0 Å². The number of hydrogen-bond acceptors (Lipinski definition) is 2. The van der Waals surface area contributed by atoms with E-state index in [1.807, 2.05) is 30.3 Å². The summed E-state index contributed by atoms with van der Waals surface area (Å²) in [6, 6.07) is 9.14. The van der Waals surface area contributed by atoms with Crippen molar-refractivity contribution >= 4 is 17.1 Å². The Kier molecular flexibility index (Phi) is 4.69. The van der Waals surface area contributed by atoms with Gasteiger partial charge in [-0.15, -0.1) is 0 Å². The summed E-state index contributed by atoms with van der Waals surface area (Å²) < 4.78 is 35.9. The van der Waals surface area contributed by atoms with Crippen LogP contribution in [0.4, 0.5) is 13.2 Å². The van der Waals surface area contributed by atoms with E-state index in [0.717, 1.165) is 5.56 Å². The van der Waals surface area contributed by atoms with Crippen LogP contribution in [0.25, 0.3) is 0 Å². The Labute approximate surface area is 103 Å². The molecule has 0 amide bonds. The summed E-state index contributed by atoms with van der Waals surface area (Å²) in [5, 5.41) is 2.27. The highest BCUT2D eigenvalue weighted by Crippen LogP contribution is 2.13.